The minimum atomic E-state index is -4.72. The van der Waals surface area contributed by atoms with Crippen molar-refractivity contribution in [1.29, 1.82) is 0 Å². The van der Waals surface area contributed by atoms with Crippen LogP contribution in [0.5, 0.6) is 17.2 Å². The maximum atomic E-state index is 12.9. The van der Waals surface area contributed by atoms with Gasteiger partial charge in [-0.2, -0.15) is 13.2 Å². The summed E-state index contributed by atoms with van der Waals surface area (Å²) < 4.78 is 49.5. The first-order chi connectivity index (χ1) is 15.1. The third-order valence-electron chi connectivity index (χ3n) is 4.35. The molecular weight excluding hydrogens is 472 g/mol. The number of nitrogens with one attached hydrogen (secondary N) is 1. The lowest BCUT2D eigenvalue weighted by Crippen LogP contribution is -2.06. The van der Waals surface area contributed by atoms with Crippen molar-refractivity contribution in [1.82, 2.24) is 0 Å². The summed E-state index contributed by atoms with van der Waals surface area (Å²) in [5, 5.41) is 15.4. The van der Waals surface area contributed by atoms with E-state index in [-0.39, 0.29) is 17.2 Å². The fraction of sp³-hybridized carbons (Fsp3) is 0.143. The predicted molar refractivity (Wildman–Crippen MR) is 115 cm³/mol. The molecule has 3 aromatic carbocycles. The number of nitrogens with zero attached hydrogens (tertiary/aromatic N) is 1. The van der Waals surface area contributed by atoms with Crippen molar-refractivity contribution in [3.63, 3.8) is 0 Å². The molecule has 0 saturated carbocycles. The van der Waals surface area contributed by atoms with Crippen molar-refractivity contribution in [2.24, 2.45) is 0 Å². The fourth-order valence-corrected chi connectivity index (χ4v) is 3.25. The molecule has 0 aliphatic heterocycles. The number of anilines is 1. The second-order valence-corrected chi connectivity index (χ2v) is 7.35. The molecule has 32 heavy (non-hydrogen) atoms. The fourth-order valence-electron chi connectivity index (χ4n) is 2.78. The Labute approximate surface area is 190 Å². The van der Waals surface area contributed by atoms with Crippen LogP contribution in [0, 0.1) is 10.1 Å². The molecule has 11 heteroatoms. The van der Waals surface area contributed by atoms with Gasteiger partial charge in [-0.3, -0.25) is 10.1 Å². The quantitative estimate of drug-likeness (QED) is 0.279. The van der Waals surface area contributed by atoms with Gasteiger partial charge in [0.25, 0.3) is 0 Å². The second-order valence-electron chi connectivity index (χ2n) is 6.50. The zero-order valence-corrected chi connectivity index (χ0v) is 17.9. The van der Waals surface area contributed by atoms with Crippen LogP contribution in [-0.2, 0) is 12.7 Å². The number of benzene rings is 3. The Kier molecular flexibility index (Phi) is 7.00. The first kappa shape index (κ1) is 23.5. The zero-order valence-electron chi connectivity index (χ0n) is 16.4. The van der Waals surface area contributed by atoms with Gasteiger partial charge in [0, 0.05) is 17.6 Å². The van der Waals surface area contributed by atoms with Crippen molar-refractivity contribution in [2.75, 3.05) is 12.4 Å². The van der Waals surface area contributed by atoms with Gasteiger partial charge < -0.3 is 14.8 Å². The molecule has 0 heterocycles. The summed E-state index contributed by atoms with van der Waals surface area (Å²) in [4.78, 5) is 10.3. The summed E-state index contributed by atoms with van der Waals surface area (Å²) in [6.07, 6.45) is -4.72. The average Bonchev–Trinajstić information content (AvgIpc) is 2.73. The van der Waals surface area contributed by atoms with E-state index in [2.05, 4.69) is 5.32 Å². The summed E-state index contributed by atoms with van der Waals surface area (Å²) in [5.41, 5.74) is -0.534. The van der Waals surface area contributed by atoms with Crippen LogP contribution in [0.4, 0.5) is 24.5 Å². The molecule has 0 fully saturated rings. The minimum Gasteiger partial charge on any atom is -0.493 e. The van der Waals surface area contributed by atoms with Gasteiger partial charge in [-0.25, -0.2) is 0 Å². The third-order valence-corrected chi connectivity index (χ3v) is 4.89. The Bertz CT molecular complexity index is 1160. The molecule has 3 aromatic rings. The molecule has 0 unspecified atom stereocenters. The molecule has 168 valence electrons. The first-order valence-electron chi connectivity index (χ1n) is 8.98. The monoisotopic (exact) mass is 486 g/mol. The van der Waals surface area contributed by atoms with Crippen LogP contribution >= 0.6 is 23.2 Å². The molecule has 0 spiro atoms. The Balaban J connectivity index is 1.83. The SMILES string of the molecule is COc1cc(CNc2ccc(Cl)cc2Cl)ccc1Oc1ccc(C(F)(F)F)cc1[N+](=O)[O-]. The highest BCUT2D eigenvalue weighted by Crippen LogP contribution is 2.40. The van der Waals surface area contributed by atoms with Crippen molar-refractivity contribution >= 4 is 34.6 Å². The highest BCUT2D eigenvalue weighted by atomic mass is 35.5. The summed E-state index contributed by atoms with van der Waals surface area (Å²) >= 11 is 12.0. The van der Waals surface area contributed by atoms with Crippen molar-refractivity contribution in [3.8, 4) is 17.2 Å². The molecule has 0 atom stereocenters. The van der Waals surface area contributed by atoms with Gasteiger partial charge in [-0.15, -0.1) is 0 Å². The first-order valence-corrected chi connectivity index (χ1v) is 9.73. The van der Waals surface area contributed by atoms with Gasteiger partial charge in [-0.05, 0) is 48.0 Å². The molecule has 3 rings (SSSR count). The topological polar surface area (TPSA) is 73.6 Å². The van der Waals surface area contributed by atoms with Crippen LogP contribution in [0.3, 0.4) is 0 Å². The summed E-state index contributed by atoms with van der Waals surface area (Å²) in [6, 6.07) is 11.8. The summed E-state index contributed by atoms with van der Waals surface area (Å²) in [6.45, 7) is 0.360. The predicted octanol–water partition coefficient (Wildman–Crippen LogP) is 7.33. The number of hydrogen-bond acceptors (Lipinski definition) is 5. The van der Waals surface area contributed by atoms with Crippen molar-refractivity contribution in [3.05, 3.63) is 85.9 Å². The van der Waals surface area contributed by atoms with E-state index < -0.39 is 22.4 Å². The smallest absolute Gasteiger partial charge is 0.416 e. The molecule has 0 aromatic heterocycles. The number of rotatable bonds is 7. The van der Waals surface area contributed by atoms with Crippen LogP contribution < -0.4 is 14.8 Å². The molecule has 0 saturated heterocycles. The Hall–Kier alpha value is -3.17. The van der Waals surface area contributed by atoms with E-state index in [1.165, 1.54) is 13.2 Å². The third kappa shape index (κ3) is 5.54. The van der Waals surface area contributed by atoms with E-state index in [0.717, 1.165) is 11.6 Å². The van der Waals surface area contributed by atoms with Gasteiger partial charge in [-0.1, -0.05) is 29.3 Å². The number of methoxy groups -OCH3 is 1. The Morgan fingerprint density at radius 2 is 1.72 bits per heavy atom. The zero-order chi connectivity index (χ0) is 23.5. The van der Waals surface area contributed by atoms with Crippen LogP contribution in [0.2, 0.25) is 10.0 Å². The van der Waals surface area contributed by atoms with E-state index in [0.29, 0.717) is 34.4 Å². The maximum absolute atomic E-state index is 12.9. The molecule has 0 bridgehead atoms. The van der Waals surface area contributed by atoms with E-state index in [1.54, 1.807) is 30.3 Å². The standard InChI is InChI=1S/C21H15Cl2F3N2O4/c1-31-20-8-12(11-27-16-5-4-14(22)10-15(16)23)2-6-19(20)32-18-7-3-13(21(24,25)26)9-17(18)28(29)30/h2-10,27H,11H2,1H3. The minimum absolute atomic E-state index is 0.101. The largest absolute Gasteiger partial charge is 0.493 e. The lowest BCUT2D eigenvalue weighted by molar-refractivity contribution is -0.385. The Morgan fingerprint density at radius 3 is 2.34 bits per heavy atom. The van der Waals surface area contributed by atoms with Crippen molar-refractivity contribution in [2.45, 2.75) is 12.7 Å². The number of nitro groups is 1. The maximum Gasteiger partial charge on any atom is 0.416 e. The lowest BCUT2D eigenvalue weighted by Gasteiger charge is -2.14. The molecule has 0 aliphatic rings. The second kappa shape index (κ2) is 9.54. The van der Waals surface area contributed by atoms with E-state index >= 15 is 0 Å². The number of halogens is 5. The van der Waals surface area contributed by atoms with Gasteiger partial charge in [0.2, 0.25) is 5.75 Å². The van der Waals surface area contributed by atoms with E-state index in [4.69, 9.17) is 32.7 Å². The van der Waals surface area contributed by atoms with Crippen LogP contribution in [0.15, 0.2) is 54.6 Å². The average molecular weight is 487 g/mol. The van der Waals surface area contributed by atoms with E-state index in [9.17, 15) is 23.3 Å². The van der Waals surface area contributed by atoms with Crippen LogP contribution in [-0.4, -0.2) is 12.0 Å². The van der Waals surface area contributed by atoms with Crippen LogP contribution in [0.25, 0.3) is 0 Å². The van der Waals surface area contributed by atoms with Gasteiger partial charge in [0.05, 0.1) is 28.3 Å². The molecule has 0 radical (unpaired) electrons. The normalized spacial score (nSPS) is 11.2. The lowest BCUT2D eigenvalue weighted by atomic mass is 10.1. The van der Waals surface area contributed by atoms with Crippen LogP contribution in [0.1, 0.15) is 11.1 Å². The highest BCUT2D eigenvalue weighted by Gasteiger charge is 2.33. The van der Waals surface area contributed by atoms with Gasteiger partial charge in [0.15, 0.2) is 11.5 Å². The van der Waals surface area contributed by atoms with E-state index in [1.807, 2.05) is 0 Å². The number of alkyl halides is 3. The molecule has 0 amide bonds. The summed E-state index contributed by atoms with van der Waals surface area (Å²) in [7, 11) is 1.37. The van der Waals surface area contributed by atoms with Gasteiger partial charge >= 0.3 is 11.9 Å². The highest BCUT2D eigenvalue weighted by molar-refractivity contribution is 6.36. The summed E-state index contributed by atoms with van der Waals surface area (Å²) in [5.74, 6) is -0.00976. The molecule has 0 aliphatic carbocycles. The number of hydrogen-bond donors (Lipinski definition) is 1. The molecular formula is C21H15Cl2F3N2O4. The van der Waals surface area contributed by atoms with Crippen molar-refractivity contribution < 1.29 is 27.6 Å². The molecule has 6 nitrogen and oxygen atoms in total. The Morgan fingerprint density at radius 1 is 1.00 bits per heavy atom. The number of ether oxygens (including phenoxy) is 2. The molecule has 1 N–H and O–H groups in total. The number of nitro benzene ring substituents is 1. The van der Waals surface area contributed by atoms with Gasteiger partial charge in [0.1, 0.15) is 0 Å².